The summed E-state index contributed by atoms with van der Waals surface area (Å²) in [6.07, 6.45) is -0.598. The first-order chi connectivity index (χ1) is 10.4. The average Bonchev–Trinajstić information content (AvgIpc) is 2.78. The molecular weight excluding hydrogens is 292 g/mol. The van der Waals surface area contributed by atoms with Crippen LogP contribution < -0.4 is 5.32 Å². The van der Waals surface area contributed by atoms with Crippen LogP contribution in [0.4, 0.5) is 13.6 Å². The van der Waals surface area contributed by atoms with Crippen molar-refractivity contribution in [2.24, 2.45) is 10.9 Å². The van der Waals surface area contributed by atoms with Crippen LogP contribution in [-0.2, 0) is 4.74 Å². The Morgan fingerprint density at radius 1 is 1.50 bits per heavy atom. The van der Waals surface area contributed by atoms with Gasteiger partial charge in [-0.1, -0.05) is 19.9 Å². The molecule has 1 aliphatic rings. The number of carbonyl (C=O) groups is 1. The summed E-state index contributed by atoms with van der Waals surface area (Å²) in [6, 6.07) is 3.04. The van der Waals surface area contributed by atoms with Crippen LogP contribution in [0.25, 0.3) is 0 Å². The molecule has 2 rings (SSSR count). The zero-order valence-electron chi connectivity index (χ0n) is 12.8. The Morgan fingerprint density at radius 2 is 2.23 bits per heavy atom. The van der Waals surface area contributed by atoms with E-state index in [1.807, 2.05) is 13.8 Å². The number of rotatable bonds is 3. The first kappa shape index (κ1) is 16.2. The Hall–Kier alpha value is -2.18. The molecule has 22 heavy (non-hydrogen) atoms. The third-order valence-corrected chi connectivity index (χ3v) is 3.30. The molecule has 0 aliphatic carbocycles. The smallest absolute Gasteiger partial charge is 0.413 e. The zero-order valence-corrected chi connectivity index (χ0v) is 12.8. The standard InChI is InChI=1S/C15H19F2N3O2/c1-9(2)8-22-15(21)19-14-18-7-13(20(14)3)11-5-4-10(16)6-12(11)17/h4-6,9,13H,7-8H2,1-3H3,(H,18,19,21). The largest absolute Gasteiger partial charge is 0.449 e. The van der Waals surface area contributed by atoms with Crippen molar-refractivity contribution < 1.29 is 18.3 Å². The van der Waals surface area contributed by atoms with Gasteiger partial charge in [-0.05, 0) is 12.0 Å². The minimum Gasteiger partial charge on any atom is -0.449 e. The molecule has 1 aromatic carbocycles. The number of aliphatic imine (C=N–C) groups is 1. The van der Waals surface area contributed by atoms with E-state index in [9.17, 15) is 13.6 Å². The van der Waals surface area contributed by atoms with Gasteiger partial charge >= 0.3 is 6.09 Å². The highest BCUT2D eigenvalue weighted by Crippen LogP contribution is 2.27. The molecule has 0 aromatic heterocycles. The van der Waals surface area contributed by atoms with Crippen LogP contribution in [0.5, 0.6) is 0 Å². The Kier molecular flexibility index (Phi) is 4.95. The maximum absolute atomic E-state index is 13.8. The summed E-state index contributed by atoms with van der Waals surface area (Å²) in [6.45, 7) is 4.44. The molecule has 7 heteroatoms. The van der Waals surface area contributed by atoms with E-state index in [0.717, 1.165) is 6.07 Å². The third-order valence-electron chi connectivity index (χ3n) is 3.30. The Morgan fingerprint density at radius 3 is 2.86 bits per heavy atom. The van der Waals surface area contributed by atoms with Crippen LogP contribution in [0.1, 0.15) is 25.5 Å². The van der Waals surface area contributed by atoms with Gasteiger partial charge in [0.1, 0.15) is 11.6 Å². The fraction of sp³-hybridized carbons (Fsp3) is 0.467. The first-order valence-electron chi connectivity index (χ1n) is 7.04. The van der Waals surface area contributed by atoms with Crippen molar-refractivity contribution in [1.29, 1.82) is 0 Å². The van der Waals surface area contributed by atoms with Crippen LogP contribution in [0.2, 0.25) is 0 Å². The molecular formula is C15H19F2N3O2. The van der Waals surface area contributed by atoms with Gasteiger partial charge in [-0.2, -0.15) is 0 Å². The molecule has 1 amide bonds. The summed E-state index contributed by atoms with van der Waals surface area (Å²) in [4.78, 5) is 17.4. The van der Waals surface area contributed by atoms with Crippen LogP contribution in [0, 0.1) is 17.6 Å². The molecule has 1 unspecified atom stereocenters. The number of guanidine groups is 1. The fourth-order valence-corrected chi connectivity index (χ4v) is 2.13. The van der Waals surface area contributed by atoms with E-state index >= 15 is 0 Å². The fourth-order valence-electron chi connectivity index (χ4n) is 2.13. The topological polar surface area (TPSA) is 53.9 Å². The lowest BCUT2D eigenvalue weighted by atomic mass is 10.1. The van der Waals surface area contributed by atoms with E-state index < -0.39 is 17.7 Å². The molecule has 0 saturated carbocycles. The maximum Gasteiger partial charge on any atom is 0.413 e. The molecule has 0 saturated heterocycles. The van der Waals surface area contributed by atoms with Crippen LogP contribution in [0.15, 0.2) is 23.2 Å². The number of hydrogen-bond acceptors (Lipinski definition) is 4. The first-order valence-corrected chi connectivity index (χ1v) is 7.04. The molecule has 120 valence electrons. The van der Waals surface area contributed by atoms with Gasteiger partial charge in [-0.15, -0.1) is 0 Å². The lowest BCUT2D eigenvalue weighted by Gasteiger charge is -2.23. The van der Waals surface area contributed by atoms with Crippen LogP contribution >= 0.6 is 0 Å². The number of alkyl carbamates (subject to hydrolysis) is 1. The Balaban J connectivity index is 1.99. The molecule has 0 bridgehead atoms. The van der Waals surface area contributed by atoms with Crippen molar-refractivity contribution in [3.63, 3.8) is 0 Å². The second kappa shape index (κ2) is 6.72. The minimum atomic E-state index is -0.629. The molecule has 1 N–H and O–H groups in total. The second-order valence-electron chi connectivity index (χ2n) is 5.57. The predicted molar refractivity (Wildman–Crippen MR) is 78.5 cm³/mol. The van der Waals surface area contributed by atoms with Crippen molar-refractivity contribution in [3.8, 4) is 0 Å². The number of carbonyl (C=O) groups excluding carboxylic acids is 1. The summed E-state index contributed by atoms with van der Waals surface area (Å²) in [5, 5.41) is 2.53. The van der Waals surface area contributed by atoms with Gasteiger partial charge in [0, 0.05) is 18.7 Å². The van der Waals surface area contributed by atoms with Gasteiger partial charge in [0.15, 0.2) is 0 Å². The molecule has 1 aliphatic heterocycles. The van der Waals surface area contributed by atoms with Gasteiger partial charge in [-0.3, -0.25) is 10.3 Å². The number of likely N-dealkylation sites (N-methyl/N-ethyl adjacent to an activating group) is 1. The molecule has 1 atom stereocenters. The van der Waals surface area contributed by atoms with Gasteiger partial charge in [0.2, 0.25) is 5.96 Å². The highest BCUT2D eigenvalue weighted by molar-refractivity contribution is 5.94. The highest BCUT2D eigenvalue weighted by Gasteiger charge is 2.29. The quantitative estimate of drug-likeness (QED) is 0.934. The summed E-state index contributed by atoms with van der Waals surface area (Å²) >= 11 is 0. The number of nitrogens with zero attached hydrogens (tertiary/aromatic N) is 2. The number of halogens is 2. The van der Waals surface area contributed by atoms with E-state index in [4.69, 9.17) is 4.74 Å². The predicted octanol–water partition coefficient (Wildman–Crippen LogP) is 2.69. The zero-order chi connectivity index (χ0) is 16.3. The van der Waals surface area contributed by atoms with Gasteiger partial charge in [-0.25, -0.2) is 13.6 Å². The maximum atomic E-state index is 13.8. The van der Waals surface area contributed by atoms with E-state index in [0.29, 0.717) is 18.1 Å². The van der Waals surface area contributed by atoms with Gasteiger partial charge < -0.3 is 9.64 Å². The van der Waals surface area contributed by atoms with Crippen molar-refractivity contribution >= 4 is 12.1 Å². The normalized spacial score (nSPS) is 17.6. The molecule has 0 spiro atoms. The Labute approximate surface area is 128 Å². The molecule has 5 nitrogen and oxygen atoms in total. The van der Waals surface area contributed by atoms with E-state index in [2.05, 4.69) is 10.3 Å². The van der Waals surface area contributed by atoms with Crippen molar-refractivity contribution in [1.82, 2.24) is 10.2 Å². The van der Waals surface area contributed by atoms with E-state index in [1.54, 1.807) is 11.9 Å². The minimum absolute atomic E-state index is 0.232. The molecule has 1 heterocycles. The molecule has 0 radical (unpaired) electrons. The Bertz CT molecular complexity index is 590. The second-order valence-corrected chi connectivity index (χ2v) is 5.57. The average molecular weight is 311 g/mol. The summed E-state index contributed by atoms with van der Waals surface area (Å²) in [7, 11) is 1.68. The third kappa shape index (κ3) is 3.72. The number of nitrogens with one attached hydrogen (secondary N) is 1. The molecule has 0 fully saturated rings. The highest BCUT2D eigenvalue weighted by atomic mass is 19.1. The van der Waals surface area contributed by atoms with Crippen molar-refractivity contribution in [3.05, 3.63) is 35.4 Å². The van der Waals surface area contributed by atoms with Crippen LogP contribution in [0.3, 0.4) is 0 Å². The molecule has 1 aromatic rings. The summed E-state index contributed by atoms with van der Waals surface area (Å²) < 4.78 is 31.8. The number of amides is 1. The van der Waals surface area contributed by atoms with Crippen molar-refractivity contribution in [2.45, 2.75) is 19.9 Å². The lowest BCUT2D eigenvalue weighted by Crippen LogP contribution is -2.41. The van der Waals surface area contributed by atoms with Crippen LogP contribution in [-0.4, -0.2) is 37.2 Å². The van der Waals surface area contributed by atoms with E-state index in [-0.39, 0.29) is 18.5 Å². The lowest BCUT2D eigenvalue weighted by molar-refractivity contribution is 0.137. The summed E-state index contributed by atoms with van der Waals surface area (Å²) in [5.74, 6) is -0.716. The van der Waals surface area contributed by atoms with E-state index in [1.165, 1.54) is 12.1 Å². The number of benzene rings is 1. The monoisotopic (exact) mass is 311 g/mol. The summed E-state index contributed by atoms with van der Waals surface area (Å²) in [5.41, 5.74) is 0.333. The SMILES string of the molecule is CC(C)COC(=O)NC1=NCC(c2ccc(F)cc2F)N1C. The van der Waals surface area contributed by atoms with Crippen molar-refractivity contribution in [2.75, 3.05) is 20.2 Å². The van der Waals surface area contributed by atoms with Gasteiger partial charge in [0.25, 0.3) is 0 Å². The van der Waals surface area contributed by atoms with Gasteiger partial charge in [0.05, 0.1) is 19.2 Å². The number of ether oxygens (including phenoxy) is 1. The number of hydrogen-bond donors (Lipinski definition) is 1.